The zero-order valence-electron chi connectivity index (χ0n) is 16.5. The molecule has 27 heavy (non-hydrogen) atoms. The van der Waals surface area contributed by atoms with Crippen LogP contribution in [0.3, 0.4) is 0 Å². The van der Waals surface area contributed by atoms with Crippen LogP contribution in [0.2, 0.25) is 0 Å². The smallest absolute Gasteiger partial charge is 0.220 e. The Hall–Kier alpha value is -2.48. The summed E-state index contributed by atoms with van der Waals surface area (Å²) < 4.78 is 1.88. The predicted molar refractivity (Wildman–Crippen MR) is 104 cm³/mol. The molecule has 0 aliphatic carbocycles. The molecule has 1 aromatic heterocycles. The van der Waals surface area contributed by atoms with Crippen molar-refractivity contribution in [2.75, 3.05) is 32.1 Å². The third-order valence-electron chi connectivity index (χ3n) is 5.27. The van der Waals surface area contributed by atoms with Crippen LogP contribution in [0.1, 0.15) is 50.2 Å². The van der Waals surface area contributed by atoms with Crippen LogP contribution in [0.4, 0.5) is 5.69 Å². The lowest BCUT2D eigenvalue weighted by Crippen LogP contribution is -2.41. The molecule has 1 atom stereocenters. The van der Waals surface area contributed by atoms with Crippen molar-refractivity contribution in [2.24, 2.45) is 11.7 Å². The topological polar surface area (TPSA) is 93.2 Å². The van der Waals surface area contributed by atoms with Crippen LogP contribution in [0.5, 0.6) is 0 Å². The van der Waals surface area contributed by atoms with Gasteiger partial charge in [0.25, 0.3) is 0 Å². The molecular formula is C19H29N7O. The number of nitrogens with zero attached hydrogens (tertiary/aromatic N) is 6. The maximum atomic E-state index is 11.5. The second kappa shape index (κ2) is 8.04. The highest BCUT2D eigenvalue weighted by Crippen LogP contribution is 2.32. The van der Waals surface area contributed by atoms with E-state index < -0.39 is 0 Å². The van der Waals surface area contributed by atoms with Crippen molar-refractivity contribution < 1.29 is 4.79 Å². The molecule has 146 valence electrons. The maximum absolute atomic E-state index is 11.5. The number of anilines is 1. The molecule has 0 saturated carbocycles. The van der Waals surface area contributed by atoms with Crippen LogP contribution < -0.4 is 10.6 Å². The first-order valence-electron chi connectivity index (χ1n) is 9.47. The lowest BCUT2D eigenvalue weighted by atomic mass is 9.93. The number of rotatable bonds is 6. The van der Waals surface area contributed by atoms with Crippen molar-refractivity contribution >= 4 is 11.6 Å². The van der Waals surface area contributed by atoms with Crippen molar-refractivity contribution in [1.82, 2.24) is 25.1 Å². The monoisotopic (exact) mass is 371 g/mol. The summed E-state index contributed by atoms with van der Waals surface area (Å²) in [6.45, 7) is 5.73. The number of nitrogens with two attached hydrogens (primary N) is 1. The fourth-order valence-corrected chi connectivity index (χ4v) is 3.67. The van der Waals surface area contributed by atoms with Gasteiger partial charge in [-0.1, -0.05) is 12.1 Å². The summed E-state index contributed by atoms with van der Waals surface area (Å²) in [4.78, 5) is 16.0. The molecule has 1 amide bonds. The first kappa shape index (κ1) is 19.3. The molecule has 1 unspecified atom stereocenters. The number of carbonyl (C=O) groups is 1. The SMILES string of the molecule is CC(C)n1nnnc1C(c1ccc(N(C)C)cc1)N1CCC(C(N)=O)CC1. The normalized spacial score (nSPS) is 17.2. The van der Waals surface area contributed by atoms with Crippen LogP contribution in [-0.4, -0.2) is 58.2 Å². The Morgan fingerprint density at radius 1 is 1.19 bits per heavy atom. The molecule has 1 aliphatic heterocycles. The lowest BCUT2D eigenvalue weighted by molar-refractivity contribution is -0.123. The van der Waals surface area contributed by atoms with Crippen LogP contribution in [0.25, 0.3) is 0 Å². The van der Waals surface area contributed by atoms with Gasteiger partial charge in [0.05, 0.1) is 12.1 Å². The average molecular weight is 371 g/mol. The molecule has 1 aliphatic rings. The number of amides is 1. The van der Waals surface area contributed by atoms with Crippen molar-refractivity contribution in [1.29, 1.82) is 0 Å². The van der Waals surface area contributed by atoms with Crippen LogP contribution in [0.15, 0.2) is 24.3 Å². The summed E-state index contributed by atoms with van der Waals surface area (Å²) >= 11 is 0. The third-order valence-corrected chi connectivity index (χ3v) is 5.27. The maximum Gasteiger partial charge on any atom is 0.220 e. The Morgan fingerprint density at radius 2 is 1.81 bits per heavy atom. The van der Waals surface area contributed by atoms with Crippen LogP contribution >= 0.6 is 0 Å². The van der Waals surface area contributed by atoms with E-state index in [0.29, 0.717) is 0 Å². The van der Waals surface area contributed by atoms with Gasteiger partial charge in [-0.2, -0.15) is 0 Å². The molecule has 1 saturated heterocycles. The Bertz CT molecular complexity index is 761. The van der Waals surface area contributed by atoms with E-state index in [-0.39, 0.29) is 23.9 Å². The van der Waals surface area contributed by atoms with Gasteiger partial charge in [0, 0.05) is 25.7 Å². The fraction of sp³-hybridized carbons (Fsp3) is 0.579. The lowest BCUT2D eigenvalue weighted by Gasteiger charge is -2.36. The van der Waals surface area contributed by atoms with E-state index in [1.807, 2.05) is 18.8 Å². The van der Waals surface area contributed by atoms with E-state index >= 15 is 0 Å². The van der Waals surface area contributed by atoms with Gasteiger partial charge in [0.15, 0.2) is 5.82 Å². The Morgan fingerprint density at radius 3 is 2.33 bits per heavy atom. The third kappa shape index (κ3) is 4.10. The Labute approximate surface area is 160 Å². The molecule has 0 radical (unpaired) electrons. The van der Waals surface area contributed by atoms with E-state index in [9.17, 15) is 4.79 Å². The highest BCUT2D eigenvalue weighted by atomic mass is 16.1. The van der Waals surface area contributed by atoms with Crippen molar-refractivity contribution in [3.05, 3.63) is 35.7 Å². The van der Waals surface area contributed by atoms with Gasteiger partial charge in [-0.3, -0.25) is 9.69 Å². The van der Waals surface area contributed by atoms with Gasteiger partial charge >= 0.3 is 0 Å². The number of carbonyl (C=O) groups excluding carboxylic acids is 1. The molecule has 0 spiro atoms. The number of tetrazole rings is 1. The van der Waals surface area contributed by atoms with Gasteiger partial charge in [-0.15, -0.1) is 5.10 Å². The summed E-state index contributed by atoms with van der Waals surface area (Å²) in [5.41, 5.74) is 7.80. The van der Waals surface area contributed by atoms with E-state index in [4.69, 9.17) is 5.73 Å². The van der Waals surface area contributed by atoms with Gasteiger partial charge in [0.2, 0.25) is 5.91 Å². The first-order chi connectivity index (χ1) is 12.9. The molecule has 3 rings (SSSR count). The highest BCUT2D eigenvalue weighted by Gasteiger charge is 2.32. The molecule has 1 aromatic carbocycles. The predicted octanol–water partition coefficient (Wildman–Crippen LogP) is 1.61. The zero-order chi connectivity index (χ0) is 19.6. The van der Waals surface area contributed by atoms with Gasteiger partial charge < -0.3 is 10.6 Å². The minimum Gasteiger partial charge on any atom is -0.378 e. The highest BCUT2D eigenvalue weighted by molar-refractivity contribution is 5.76. The number of aromatic nitrogens is 4. The summed E-state index contributed by atoms with van der Waals surface area (Å²) in [7, 11) is 4.06. The number of hydrogen-bond acceptors (Lipinski definition) is 6. The molecule has 8 heteroatoms. The van der Waals surface area contributed by atoms with E-state index in [1.165, 1.54) is 0 Å². The number of likely N-dealkylation sites (tertiary alicyclic amines) is 1. The van der Waals surface area contributed by atoms with Crippen LogP contribution in [0, 0.1) is 5.92 Å². The molecule has 1 fully saturated rings. The van der Waals surface area contributed by atoms with Crippen LogP contribution in [-0.2, 0) is 4.79 Å². The summed E-state index contributed by atoms with van der Waals surface area (Å²) in [6.07, 6.45) is 1.54. The van der Waals surface area contributed by atoms with Crippen molar-refractivity contribution in [2.45, 2.75) is 38.8 Å². The van der Waals surface area contributed by atoms with E-state index in [1.54, 1.807) is 0 Å². The first-order valence-corrected chi connectivity index (χ1v) is 9.47. The minimum atomic E-state index is -0.200. The summed E-state index contributed by atoms with van der Waals surface area (Å²) in [5, 5.41) is 12.5. The Kier molecular flexibility index (Phi) is 5.74. The second-order valence-corrected chi connectivity index (χ2v) is 7.68. The molecular weight excluding hydrogens is 342 g/mol. The average Bonchev–Trinajstić information content (AvgIpc) is 3.12. The molecule has 2 heterocycles. The standard InChI is InChI=1S/C19H29N7O/c1-13(2)26-19(21-22-23-26)17(14-5-7-16(8-6-14)24(3)4)25-11-9-15(10-12-25)18(20)27/h5-8,13,15,17H,9-12H2,1-4H3,(H2,20,27). The van der Waals surface area contributed by atoms with E-state index in [0.717, 1.165) is 43.0 Å². The van der Waals surface area contributed by atoms with Gasteiger partial charge in [-0.05, 0) is 67.9 Å². The number of piperidine rings is 1. The minimum absolute atomic E-state index is 0.0425. The van der Waals surface area contributed by atoms with Gasteiger partial charge in [0.1, 0.15) is 0 Å². The number of primary amides is 1. The quantitative estimate of drug-likeness (QED) is 0.829. The largest absolute Gasteiger partial charge is 0.378 e. The Balaban J connectivity index is 1.94. The van der Waals surface area contributed by atoms with Gasteiger partial charge in [-0.25, -0.2) is 4.68 Å². The summed E-state index contributed by atoms with van der Waals surface area (Å²) in [6, 6.07) is 8.62. The zero-order valence-corrected chi connectivity index (χ0v) is 16.5. The molecule has 8 nitrogen and oxygen atoms in total. The molecule has 2 N–H and O–H groups in total. The number of hydrogen-bond donors (Lipinski definition) is 1. The number of benzene rings is 1. The molecule has 2 aromatic rings. The second-order valence-electron chi connectivity index (χ2n) is 7.68. The summed E-state index contributed by atoms with van der Waals surface area (Å²) in [5.74, 6) is 0.591. The van der Waals surface area contributed by atoms with Crippen molar-refractivity contribution in [3.63, 3.8) is 0 Å². The van der Waals surface area contributed by atoms with E-state index in [2.05, 4.69) is 63.4 Å². The molecule has 0 bridgehead atoms. The van der Waals surface area contributed by atoms with Crippen molar-refractivity contribution in [3.8, 4) is 0 Å². The fourth-order valence-electron chi connectivity index (χ4n) is 3.67.